The molecular weight excluding hydrogens is 452 g/mol. The number of carboxylic acid groups (broad SMARTS) is 1. The van der Waals surface area contributed by atoms with Crippen molar-refractivity contribution in [2.24, 2.45) is 5.73 Å². The van der Waals surface area contributed by atoms with Crippen molar-refractivity contribution in [3.8, 4) is 0 Å². The fourth-order valence-electron chi connectivity index (χ4n) is 3.05. The molecule has 12 nitrogen and oxygen atoms in total. The number of likely N-dealkylation sites (tertiary alicyclic amines) is 1. The Kier molecular flexibility index (Phi) is 8.91. The Morgan fingerprint density at radius 1 is 1.29 bits per heavy atom. The minimum Gasteiger partial charge on any atom is -0.480 e. The number of hydrogen-bond donors (Lipinski definition) is 4. The Morgan fingerprint density at radius 3 is 2.65 bits per heavy atom. The van der Waals surface area contributed by atoms with Gasteiger partial charge in [-0.2, -0.15) is 0 Å². The minimum absolute atomic E-state index is 0.00230. The molecule has 1 fully saturated rings. The average Bonchev–Trinajstić information content (AvgIpc) is 3.22. The van der Waals surface area contributed by atoms with Gasteiger partial charge in [0.25, 0.3) is 0 Å². The number of ether oxygens (including phenoxy) is 1. The van der Waals surface area contributed by atoms with Crippen molar-refractivity contribution < 1.29 is 37.4 Å². The first kappa shape index (κ1) is 24.7. The quantitative estimate of drug-likeness (QED) is 0.296. The summed E-state index contributed by atoms with van der Waals surface area (Å²) < 4.78 is 32.5. The Bertz CT molecular complexity index is 903. The third kappa shape index (κ3) is 7.57. The largest absolute Gasteiger partial charge is 0.480 e. The van der Waals surface area contributed by atoms with E-state index in [1.54, 1.807) is 11.4 Å². The van der Waals surface area contributed by atoms with E-state index in [9.17, 15) is 27.6 Å². The second-order valence-corrected chi connectivity index (χ2v) is 9.66. The van der Waals surface area contributed by atoms with Crippen molar-refractivity contribution in [2.45, 2.75) is 35.6 Å². The third-order valence-electron chi connectivity index (χ3n) is 4.43. The van der Waals surface area contributed by atoms with Crippen molar-refractivity contribution in [3.05, 3.63) is 17.5 Å². The maximum absolute atomic E-state index is 12.6. The summed E-state index contributed by atoms with van der Waals surface area (Å²) in [5.41, 5.74) is 5.05. The van der Waals surface area contributed by atoms with Gasteiger partial charge in [0.2, 0.25) is 27.7 Å². The summed E-state index contributed by atoms with van der Waals surface area (Å²) in [6.45, 7) is -1.18. The van der Waals surface area contributed by atoms with E-state index in [1.807, 2.05) is 0 Å². The zero-order valence-electron chi connectivity index (χ0n) is 16.5. The van der Waals surface area contributed by atoms with Crippen LogP contribution in [0.25, 0.3) is 0 Å². The highest BCUT2D eigenvalue weighted by atomic mass is 32.2. The maximum Gasteiger partial charge on any atom is 0.329 e. The number of nitrogens with two attached hydrogens (primary N) is 1. The number of carbonyl (C=O) groups is 4. The highest BCUT2D eigenvalue weighted by Crippen LogP contribution is 2.22. The van der Waals surface area contributed by atoms with E-state index < -0.39 is 59.0 Å². The predicted octanol–water partition coefficient (Wildman–Crippen LogP) is -1.52. The number of piperidine rings is 1. The molecule has 0 saturated carbocycles. The molecule has 172 valence electrons. The average molecular weight is 477 g/mol. The van der Waals surface area contributed by atoms with Gasteiger partial charge < -0.3 is 25.8 Å². The van der Waals surface area contributed by atoms with E-state index in [-0.39, 0.29) is 36.6 Å². The topological polar surface area (TPSA) is 185 Å². The lowest BCUT2D eigenvalue weighted by atomic mass is 9.97. The standard InChI is InChI=1S/C17H24N4O8S2/c18-13(22)3-5-19-17(26)12-8-11(20-31(27,28)16-2-1-7-30-16)4-6-21(12)14(23)9-29-10-15(24)25/h1-2,7,11-12,20H,3-6,8-10H2,(H2,18,22)(H,19,26)(H,24,25)/t11-,12-/m0/s1. The van der Waals surface area contributed by atoms with E-state index in [1.165, 1.54) is 11.0 Å². The molecule has 1 saturated heterocycles. The van der Waals surface area contributed by atoms with Crippen molar-refractivity contribution >= 4 is 45.1 Å². The van der Waals surface area contributed by atoms with E-state index >= 15 is 0 Å². The van der Waals surface area contributed by atoms with Gasteiger partial charge in [-0.25, -0.2) is 17.9 Å². The van der Waals surface area contributed by atoms with Crippen LogP contribution in [0.4, 0.5) is 0 Å². The molecule has 0 unspecified atom stereocenters. The van der Waals surface area contributed by atoms with Crippen LogP contribution in [-0.2, 0) is 33.9 Å². The molecule has 1 aromatic heterocycles. The molecule has 1 aliphatic heterocycles. The molecule has 0 bridgehead atoms. The highest BCUT2D eigenvalue weighted by Gasteiger charge is 2.37. The van der Waals surface area contributed by atoms with Crippen LogP contribution in [0.1, 0.15) is 19.3 Å². The first-order valence-electron chi connectivity index (χ1n) is 9.31. The van der Waals surface area contributed by atoms with Crippen LogP contribution in [0.2, 0.25) is 0 Å². The Labute approximate surface area is 182 Å². The number of carboxylic acids is 1. The lowest BCUT2D eigenvalue weighted by Crippen LogP contribution is -2.58. The van der Waals surface area contributed by atoms with Crippen molar-refractivity contribution in [3.63, 3.8) is 0 Å². The van der Waals surface area contributed by atoms with Gasteiger partial charge in [-0.15, -0.1) is 11.3 Å². The number of primary amides is 1. The number of nitrogens with zero attached hydrogens (tertiary/aromatic N) is 1. The van der Waals surface area contributed by atoms with Gasteiger partial charge in [0, 0.05) is 25.6 Å². The Morgan fingerprint density at radius 2 is 2.03 bits per heavy atom. The molecule has 0 aromatic carbocycles. The molecule has 2 rings (SSSR count). The summed E-state index contributed by atoms with van der Waals surface area (Å²) in [5.74, 6) is -3.03. The fraction of sp³-hybridized carbons (Fsp3) is 0.529. The van der Waals surface area contributed by atoms with Crippen molar-refractivity contribution in [1.82, 2.24) is 14.9 Å². The van der Waals surface area contributed by atoms with E-state index in [0.717, 1.165) is 11.3 Å². The second-order valence-electron chi connectivity index (χ2n) is 6.77. The number of rotatable bonds is 11. The molecule has 0 aliphatic carbocycles. The van der Waals surface area contributed by atoms with Gasteiger partial charge in [0.1, 0.15) is 23.5 Å². The molecule has 14 heteroatoms. The number of sulfonamides is 1. The number of aliphatic carboxylic acids is 1. The van der Waals surface area contributed by atoms with Crippen molar-refractivity contribution in [2.75, 3.05) is 26.3 Å². The molecule has 5 N–H and O–H groups in total. The summed E-state index contributed by atoms with van der Waals surface area (Å²) in [4.78, 5) is 47.8. The van der Waals surface area contributed by atoms with Crippen LogP contribution in [0.15, 0.2) is 21.7 Å². The van der Waals surface area contributed by atoms with Crippen LogP contribution in [0.5, 0.6) is 0 Å². The van der Waals surface area contributed by atoms with Gasteiger partial charge in [0.15, 0.2) is 0 Å². The van der Waals surface area contributed by atoms with E-state index in [4.69, 9.17) is 15.6 Å². The second kappa shape index (κ2) is 11.2. The Balaban J connectivity index is 2.08. The zero-order valence-corrected chi connectivity index (χ0v) is 18.1. The molecule has 1 aliphatic rings. The maximum atomic E-state index is 12.6. The summed E-state index contributed by atoms with van der Waals surface area (Å²) in [6.07, 6.45) is 0.153. The van der Waals surface area contributed by atoms with Crippen LogP contribution < -0.4 is 15.8 Å². The molecule has 0 radical (unpaired) electrons. The summed E-state index contributed by atoms with van der Waals surface area (Å²) in [7, 11) is -3.77. The van der Waals surface area contributed by atoms with Crippen LogP contribution in [0, 0.1) is 0 Å². The molecular formula is C17H24N4O8S2. The SMILES string of the molecule is NC(=O)CCNC(=O)[C@@H]1C[C@@H](NS(=O)(=O)c2cccs2)CCN1C(=O)COCC(=O)O. The Hall–Kier alpha value is -2.55. The molecule has 3 amide bonds. The van der Waals surface area contributed by atoms with Crippen LogP contribution >= 0.6 is 11.3 Å². The number of nitrogens with one attached hydrogen (secondary N) is 2. The fourth-order valence-corrected chi connectivity index (χ4v) is 5.34. The molecule has 1 aromatic rings. The molecule has 31 heavy (non-hydrogen) atoms. The van der Waals surface area contributed by atoms with E-state index in [0.29, 0.717) is 0 Å². The third-order valence-corrected chi connectivity index (χ3v) is 7.35. The molecule has 2 heterocycles. The summed E-state index contributed by atoms with van der Waals surface area (Å²) in [6, 6.07) is 1.42. The molecule has 2 atom stereocenters. The lowest BCUT2D eigenvalue weighted by molar-refractivity contribution is -0.150. The van der Waals surface area contributed by atoms with Crippen molar-refractivity contribution in [1.29, 1.82) is 0 Å². The summed E-state index contributed by atoms with van der Waals surface area (Å²) in [5, 5.41) is 12.8. The van der Waals surface area contributed by atoms with Gasteiger partial charge in [-0.3, -0.25) is 14.4 Å². The van der Waals surface area contributed by atoms with E-state index in [2.05, 4.69) is 10.0 Å². The summed E-state index contributed by atoms with van der Waals surface area (Å²) >= 11 is 1.05. The highest BCUT2D eigenvalue weighted by molar-refractivity contribution is 7.91. The van der Waals surface area contributed by atoms with Crippen LogP contribution in [-0.4, -0.2) is 80.5 Å². The predicted molar refractivity (Wildman–Crippen MR) is 108 cm³/mol. The molecule has 0 spiro atoms. The van der Waals surface area contributed by atoms with Crippen LogP contribution in [0.3, 0.4) is 0 Å². The van der Waals surface area contributed by atoms with Gasteiger partial charge in [-0.1, -0.05) is 6.07 Å². The first-order chi connectivity index (χ1) is 14.6. The first-order valence-corrected chi connectivity index (χ1v) is 11.7. The zero-order chi connectivity index (χ0) is 23.0. The van der Waals surface area contributed by atoms with Gasteiger partial charge >= 0.3 is 5.97 Å². The number of thiophene rings is 1. The minimum atomic E-state index is -3.77. The number of carbonyl (C=O) groups excluding carboxylic acids is 3. The smallest absolute Gasteiger partial charge is 0.329 e. The lowest BCUT2D eigenvalue weighted by Gasteiger charge is -2.38. The number of amides is 3. The monoisotopic (exact) mass is 476 g/mol. The normalized spacial score (nSPS) is 19.0. The van der Waals surface area contributed by atoms with Gasteiger partial charge in [-0.05, 0) is 24.3 Å². The van der Waals surface area contributed by atoms with Gasteiger partial charge in [0.05, 0.1) is 0 Å². The number of hydrogen-bond acceptors (Lipinski definition) is 8.